The molecule has 0 N–H and O–H groups in total. The number of hydrogen-bond donors (Lipinski definition) is 0. The van der Waals surface area contributed by atoms with Gasteiger partial charge in [-0.05, 0) is 43.5 Å². The molecular weight excluding hydrogens is 220 g/mol. The Kier molecular flexibility index (Phi) is 14.2. The first-order valence-electron chi connectivity index (χ1n) is 6.71. The Hall–Kier alpha value is -1.50. The van der Waals surface area contributed by atoms with E-state index in [0.717, 1.165) is 0 Å². The van der Waals surface area contributed by atoms with Gasteiger partial charge in [0.1, 0.15) is 0 Å². The molecule has 0 aliphatic rings. The zero-order valence-electron chi connectivity index (χ0n) is 12.9. The summed E-state index contributed by atoms with van der Waals surface area (Å²) in [5.41, 5.74) is 3.91. The summed E-state index contributed by atoms with van der Waals surface area (Å²) in [5, 5.41) is 0. The van der Waals surface area contributed by atoms with Gasteiger partial charge in [0.25, 0.3) is 0 Å². The second-order valence-corrected chi connectivity index (χ2v) is 3.38. The molecule has 1 nitrogen and oxygen atoms in total. The van der Waals surface area contributed by atoms with Gasteiger partial charge in [-0.15, -0.1) is 0 Å². The lowest BCUT2D eigenvalue weighted by atomic mass is 10.1. The van der Waals surface area contributed by atoms with E-state index in [-0.39, 0.29) is 0 Å². The van der Waals surface area contributed by atoms with Crippen LogP contribution in [0.2, 0.25) is 0 Å². The highest BCUT2D eigenvalue weighted by atomic mass is 16.3. The van der Waals surface area contributed by atoms with Crippen molar-refractivity contribution < 1.29 is 4.42 Å². The highest BCUT2D eigenvalue weighted by Gasteiger charge is 1.83. The van der Waals surface area contributed by atoms with Gasteiger partial charge in [-0.2, -0.15) is 0 Å². The smallest absolute Gasteiger partial charge is 0.0931 e. The standard InChI is InChI=1S/C8H10.C5H6O.2C2H6/c1-7-5-3-4-6-8(7)2;1-5-2-3-6-4-5;2*1-2/h3-6H,1-2H3;2-4H,1H3;2*1-2H3. The van der Waals surface area contributed by atoms with Crippen LogP contribution < -0.4 is 0 Å². The van der Waals surface area contributed by atoms with E-state index in [2.05, 4.69) is 38.1 Å². The number of furan rings is 1. The maximum absolute atomic E-state index is 4.71. The fourth-order valence-electron chi connectivity index (χ4n) is 0.995. The van der Waals surface area contributed by atoms with Gasteiger partial charge in [0.2, 0.25) is 0 Å². The van der Waals surface area contributed by atoms with Crippen LogP contribution in [0.25, 0.3) is 0 Å². The van der Waals surface area contributed by atoms with Gasteiger partial charge in [0.15, 0.2) is 0 Å². The minimum Gasteiger partial charge on any atom is -0.472 e. The molecule has 1 aromatic carbocycles. The number of rotatable bonds is 0. The molecule has 0 aliphatic heterocycles. The summed E-state index contributed by atoms with van der Waals surface area (Å²) in [6.45, 7) is 14.2. The lowest BCUT2D eigenvalue weighted by Crippen LogP contribution is -1.74. The molecule has 1 heterocycles. The van der Waals surface area contributed by atoms with E-state index in [4.69, 9.17) is 4.42 Å². The molecule has 2 rings (SSSR count). The van der Waals surface area contributed by atoms with Crippen LogP contribution in [0.3, 0.4) is 0 Å². The third-order valence-electron chi connectivity index (χ3n) is 2.09. The third kappa shape index (κ3) is 9.71. The predicted molar refractivity (Wildman–Crippen MR) is 82.1 cm³/mol. The summed E-state index contributed by atoms with van der Waals surface area (Å²) in [7, 11) is 0. The second kappa shape index (κ2) is 13.6. The lowest BCUT2D eigenvalue weighted by molar-refractivity contribution is 0.565. The molecule has 0 unspecified atom stereocenters. The molecule has 0 spiro atoms. The van der Waals surface area contributed by atoms with Gasteiger partial charge in [-0.1, -0.05) is 52.0 Å². The van der Waals surface area contributed by atoms with E-state index >= 15 is 0 Å². The summed E-state index contributed by atoms with van der Waals surface area (Å²) in [4.78, 5) is 0. The topological polar surface area (TPSA) is 13.1 Å². The van der Waals surface area contributed by atoms with Crippen molar-refractivity contribution in [1.82, 2.24) is 0 Å². The van der Waals surface area contributed by atoms with Crippen molar-refractivity contribution in [3.63, 3.8) is 0 Å². The summed E-state index contributed by atoms with van der Waals surface area (Å²) >= 11 is 0. The van der Waals surface area contributed by atoms with Gasteiger partial charge in [0.05, 0.1) is 12.5 Å². The van der Waals surface area contributed by atoms with Crippen molar-refractivity contribution >= 4 is 0 Å². The summed E-state index contributed by atoms with van der Waals surface area (Å²) in [6, 6.07) is 10.3. The molecular formula is C17H28O. The van der Waals surface area contributed by atoms with E-state index in [1.165, 1.54) is 16.7 Å². The van der Waals surface area contributed by atoms with E-state index < -0.39 is 0 Å². The predicted octanol–water partition coefficient (Wildman–Crippen LogP) is 5.94. The van der Waals surface area contributed by atoms with Crippen molar-refractivity contribution in [2.75, 3.05) is 0 Å². The van der Waals surface area contributed by atoms with Crippen molar-refractivity contribution in [2.45, 2.75) is 48.5 Å². The van der Waals surface area contributed by atoms with E-state index in [0.29, 0.717) is 0 Å². The third-order valence-corrected chi connectivity index (χ3v) is 2.09. The number of aryl methyl sites for hydroxylation is 3. The SMILES string of the molecule is CC.CC.Cc1ccccc1C.Cc1ccoc1. The lowest BCUT2D eigenvalue weighted by Gasteiger charge is -1.93. The maximum Gasteiger partial charge on any atom is 0.0931 e. The maximum atomic E-state index is 4.71. The van der Waals surface area contributed by atoms with Crippen LogP contribution in [0.5, 0.6) is 0 Å². The quantitative estimate of drug-likeness (QED) is 0.562. The second-order valence-electron chi connectivity index (χ2n) is 3.38. The monoisotopic (exact) mass is 248 g/mol. The van der Waals surface area contributed by atoms with Gasteiger partial charge in [0, 0.05) is 0 Å². The van der Waals surface area contributed by atoms with Crippen molar-refractivity contribution in [2.24, 2.45) is 0 Å². The molecule has 2 aromatic rings. The molecule has 0 saturated carbocycles. The van der Waals surface area contributed by atoms with Crippen molar-refractivity contribution in [1.29, 1.82) is 0 Å². The van der Waals surface area contributed by atoms with Gasteiger partial charge >= 0.3 is 0 Å². The Morgan fingerprint density at radius 1 is 0.722 bits per heavy atom. The first-order valence-corrected chi connectivity index (χ1v) is 6.71. The number of benzene rings is 1. The van der Waals surface area contributed by atoms with Gasteiger partial charge in [-0.3, -0.25) is 0 Å². The molecule has 0 bridgehead atoms. The fourth-order valence-corrected chi connectivity index (χ4v) is 0.995. The van der Waals surface area contributed by atoms with Crippen LogP contribution >= 0.6 is 0 Å². The molecule has 0 aliphatic carbocycles. The molecule has 1 heteroatoms. The minimum atomic E-state index is 1.18. The average molecular weight is 248 g/mol. The highest BCUT2D eigenvalue weighted by molar-refractivity contribution is 5.23. The molecule has 102 valence electrons. The van der Waals surface area contributed by atoms with Gasteiger partial charge < -0.3 is 4.42 Å². The average Bonchev–Trinajstić information content (AvgIpc) is 2.90. The Morgan fingerprint density at radius 2 is 1.17 bits per heavy atom. The fraction of sp³-hybridized carbons (Fsp3) is 0.412. The zero-order chi connectivity index (χ0) is 14.4. The molecule has 1 aromatic heterocycles. The zero-order valence-corrected chi connectivity index (χ0v) is 12.9. The van der Waals surface area contributed by atoms with Gasteiger partial charge in [-0.25, -0.2) is 0 Å². The molecule has 0 radical (unpaired) electrons. The Labute approximate surface area is 113 Å². The highest BCUT2D eigenvalue weighted by Crippen LogP contribution is 2.02. The molecule has 0 fully saturated rings. The van der Waals surface area contributed by atoms with E-state index in [9.17, 15) is 0 Å². The first-order chi connectivity index (χ1) is 8.70. The molecule has 0 amide bonds. The molecule has 0 atom stereocenters. The summed E-state index contributed by atoms with van der Waals surface area (Å²) in [5.74, 6) is 0. The molecule has 0 saturated heterocycles. The van der Waals surface area contributed by atoms with E-state index in [1.807, 2.05) is 40.7 Å². The van der Waals surface area contributed by atoms with Crippen LogP contribution in [0.15, 0.2) is 47.3 Å². The van der Waals surface area contributed by atoms with Crippen LogP contribution in [0, 0.1) is 20.8 Å². The molecule has 18 heavy (non-hydrogen) atoms. The van der Waals surface area contributed by atoms with Crippen LogP contribution in [-0.2, 0) is 0 Å². The van der Waals surface area contributed by atoms with Crippen LogP contribution in [0.1, 0.15) is 44.4 Å². The summed E-state index contributed by atoms with van der Waals surface area (Å²) in [6.07, 6.45) is 3.37. The normalized spacial score (nSPS) is 7.72. The largest absolute Gasteiger partial charge is 0.472 e. The van der Waals surface area contributed by atoms with Crippen LogP contribution in [0.4, 0.5) is 0 Å². The minimum absolute atomic E-state index is 1.18. The number of hydrogen-bond acceptors (Lipinski definition) is 1. The Morgan fingerprint density at radius 3 is 1.33 bits per heavy atom. The van der Waals surface area contributed by atoms with E-state index in [1.54, 1.807) is 12.5 Å². The summed E-state index contributed by atoms with van der Waals surface area (Å²) < 4.78 is 4.71. The Bertz CT molecular complexity index is 340. The van der Waals surface area contributed by atoms with Crippen molar-refractivity contribution in [3.05, 3.63) is 59.5 Å². The van der Waals surface area contributed by atoms with Crippen LogP contribution in [-0.4, -0.2) is 0 Å². The first kappa shape index (κ1) is 18.9. The Balaban J connectivity index is 0. The van der Waals surface area contributed by atoms with Crippen molar-refractivity contribution in [3.8, 4) is 0 Å².